The van der Waals surface area contributed by atoms with E-state index in [9.17, 15) is 4.79 Å². The Labute approximate surface area is 214 Å². The lowest BCUT2D eigenvalue weighted by Crippen LogP contribution is -2.45. The van der Waals surface area contributed by atoms with Crippen molar-refractivity contribution in [1.82, 2.24) is 25.3 Å². The van der Waals surface area contributed by atoms with Gasteiger partial charge in [0, 0.05) is 37.3 Å². The number of para-hydroxylation sites is 1. The third-order valence-corrected chi connectivity index (χ3v) is 6.53. The Hall–Kier alpha value is -2.10. The van der Waals surface area contributed by atoms with Crippen molar-refractivity contribution in [1.29, 1.82) is 0 Å². The molecule has 1 aliphatic heterocycles. The number of aryl methyl sites for hydroxylation is 2. The highest BCUT2D eigenvalue weighted by atomic mass is 127. The van der Waals surface area contributed by atoms with E-state index in [0.29, 0.717) is 12.5 Å². The molecule has 1 unspecified atom stereocenters. The van der Waals surface area contributed by atoms with Crippen molar-refractivity contribution >= 4 is 35.8 Å². The van der Waals surface area contributed by atoms with E-state index in [0.717, 1.165) is 67.5 Å². The Morgan fingerprint density at radius 3 is 2.64 bits per heavy atom. The molecule has 33 heavy (non-hydrogen) atoms. The van der Waals surface area contributed by atoms with Gasteiger partial charge in [-0.2, -0.15) is 5.10 Å². The lowest BCUT2D eigenvalue weighted by Gasteiger charge is -2.21. The van der Waals surface area contributed by atoms with E-state index in [2.05, 4.69) is 52.7 Å². The molecule has 2 N–H and O–H groups in total. The summed E-state index contributed by atoms with van der Waals surface area (Å²) in [6, 6.07) is 10.6. The van der Waals surface area contributed by atoms with Crippen LogP contribution < -0.4 is 10.6 Å². The van der Waals surface area contributed by atoms with Crippen molar-refractivity contribution in [2.75, 3.05) is 19.6 Å². The van der Waals surface area contributed by atoms with Crippen molar-refractivity contribution in [3.63, 3.8) is 0 Å². The van der Waals surface area contributed by atoms with Gasteiger partial charge in [0.1, 0.15) is 0 Å². The number of hydrogen-bond donors (Lipinski definition) is 2. The number of likely N-dealkylation sites (tertiary alicyclic amines) is 1. The molecule has 1 saturated heterocycles. The van der Waals surface area contributed by atoms with Gasteiger partial charge in [-0.3, -0.25) is 4.79 Å². The Morgan fingerprint density at radius 2 is 1.94 bits per heavy atom. The minimum Gasteiger partial charge on any atom is -0.357 e. The Balaban J connectivity index is 0.00000306. The zero-order valence-electron chi connectivity index (χ0n) is 20.0. The summed E-state index contributed by atoms with van der Waals surface area (Å²) in [7, 11) is 0. The highest BCUT2D eigenvalue weighted by Crippen LogP contribution is 2.28. The molecule has 7 nitrogen and oxygen atoms in total. The monoisotopic (exact) mass is 564 g/mol. The second-order valence-electron chi connectivity index (χ2n) is 9.06. The molecular formula is C25H37IN6O. The minimum atomic E-state index is 0. The fraction of sp³-hybridized carbons (Fsp3) is 0.560. The molecule has 0 spiro atoms. The van der Waals surface area contributed by atoms with E-state index >= 15 is 0 Å². The summed E-state index contributed by atoms with van der Waals surface area (Å²) < 4.78 is 1.99. The number of aliphatic imine (C=N–C) groups is 1. The number of amides is 1. The van der Waals surface area contributed by atoms with Crippen LogP contribution in [0, 0.1) is 19.8 Å². The van der Waals surface area contributed by atoms with E-state index < -0.39 is 0 Å². The van der Waals surface area contributed by atoms with E-state index in [1.54, 1.807) is 0 Å². The van der Waals surface area contributed by atoms with Gasteiger partial charge in [0.15, 0.2) is 5.96 Å². The summed E-state index contributed by atoms with van der Waals surface area (Å²) in [5, 5.41) is 11.6. The molecule has 2 fully saturated rings. The number of nitrogens with zero attached hydrogens (tertiary/aromatic N) is 4. The van der Waals surface area contributed by atoms with E-state index in [1.165, 1.54) is 12.8 Å². The number of halogens is 1. The van der Waals surface area contributed by atoms with Gasteiger partial charge in [-0.25, -0.2) is 9.67 Å². The van der Waals surface area contributed by atoms with Crippen LogP contribution in [0.25, 0.3) is 5.69 Å². The summed E-state index contributed by atoms with van der Waals surface area (Å²) >= 11 is 0. The standard InChI is InChI=1S/C25H36N6O.HI/c1-4-26-25(28-22-13-14-30(17-22)24(32)20-9-5-6-10-20)27-16-21-11-7-8-12-23(21)31-19(3)15-18(2)29-31;/h7-8,11-12,15,20,22H,4-6,9-10,13-14,16-17H2,1-3H3,(H2,26,27,28);1H. The van der Waals surface area contributed by atoms with Crippen molar-refractivity contribution in [3.8, 4) is 5.69 Å². The summed E-state index contributed by atoms with van der Waals surface area (Å²) in [6.07, 6.45) is 5.48. The quantitative estimate of drug-likeness (QED) is 0.317. The number of benzene rings is 1. The second-order valence-corrected chi connectivity index (χ2v) is 9.06. The molecular weight excluding hydrogens is 527 g/mol. The maximum atomic E-state index is 12.8. The molecule has 1 atom stereocenters. The molecule has 1 amide bonds. The van der Waals surface area contributed by atoms with Gasteiger partial charge >= 0.3 is 0 Å². The molecule has 4 rings (SSSR count). The number of nitrogens with one attached hydrogen (secondary N) is 2. The third-order valence-electron chi connectivity index (χ3n) is 6.53. The molecule has 1 aliphatic carbocycles. The SMILES string of the molecule is CCNC(=NCc1ccccc1-n1nc(C)cc1C)NC1CCN(C(=O)C2CCCC2)C1.I. The molecule has 180 valence electrons. The summed E-state index contributed by atoms with van der Waals surface area (Å²) in [4.78, 5) is 19.7. The Morgan fingerprint density at radius 1 is 1.18 bits per heavy atom. The molecule has 1 aromatic carbocycles. The van der Waals surface area contributed by atoms with Gasteiger partial charge < -0.3 is 15.5 Å². The number of carbonyl (C=O) groups excluding carboxylic acids is 1. The van der Waals surface area contributed by atoms with Crippen molar-refractivity contribution in [2.45, 2.75) is 65.5 Å². The van der Waals surface area contributed by atoms with Crippen LogP contribution in [0.1, 0.15) is 56.0 Å². The van der Waals surface area contributed by atoms with Crippen molar-refractivity contribution in [3.05, 3.63) is 47.3 Å². The largest absolute Gasteiger partial charge is 0.357 e. The Bertz CT molecular complexity index is 966. The van der Waals surface area contributed by atoms with Crippen LogP contribution in [0.3, 0.4) is 0 Å². The molecule has 1 aromatic heterocycles. The average molecular weight is 565 g/mol. The first-order valence-electron chi connectivity index (χ1n) is 12.0. The molecule has 0 radical (unpaired) electrons. The minimum absolute atomic E-state index is 0. The Kier molecular flexibility index (Phi) is 9.17. The number of rotatable bonds is 6. The predicted octanol–water partition coefficient (Wildman–Crippen LogP) is 3.95. The molecule has 1 saturated carbocycles. The normalized spacial score (nSPS) is 18.9. The maximum Gasteiger partial charge on any atom is 0.225 e. The summed E-state index contributed by atoms with van der Waals surface area (Å²) in [5.74, 6) is 1.41. The number of carbonyl (C=O) groups is 1. The van der Waals surface area contributed by atoms with Crippen LogP contribution in [-0.2, 0) is 11.3 Å². The van der Waals surface area contributed by atoms with Crippen molar-refractivity contribution < 1.29 is 4.79 Å². The van der Waals surface area contributed by atoms with E-state index in [1.807, 2.05) is 23.7 Å². The maximum absolute atomic E-state index is 12.8. The third kappa shape index (κ3) is 6.28. The first-order chi connectivity index (χ1) is 15.5. The first kappa shape index (κ1) is 25.5. The lowest BCUT2D eigenvalue weighted by atomic mass is 10.1. The van der Waals surface area contributed by atoms with Crippen LogP contribution in [0.2, 0.25) is 0 Å². The fourth-order valence-electron chi connectivity index (χ4n) is 4.91. The smallest absolute Gasteiger partial charge is 0.225 e. The molecule has 2 aromatic rings. The van der Waals surface area contributed by atoms with Crippen LogP contribution in [0.4, 0.5) is 0 Å². The van der Waals surface area contributed by atoms with Crippen LogP contribution in [0.15, 0.2) is 35.3 Å². The van der Waals surface area contributed by atoms with Gasteiger partial charge in [-0.1, -0.05) is 31.0 Å². The summed E-state index contributed by atoms with van der Waals surface area (Å²) in [6.45, 7) is 9.12. The van der Waals surface area contributed by atoms with Gasteiger partial charge in [0.05, 0.1) is 17.9 Å². The second kappa shape index (κ2) is 11.9. The van der Waals surface area contributed by atoms with E-state index in [4.69, 9.17) is 4.99 Å². The number of guanidine groups is 1. The zero-order chi connectivity index (χ0) is 22.5. The molecule has 0 bridgehead atoms. The molecule has 8 heteroatoms. The van der Waals surface area contributed by atoms with Gasteiger partial charge in [0.25, 0.3) is 0 Å². The number of hydrogen-bond acceptors (Lipinski definition) is 3. The van der Waals surface area contributed by atoms with Gasteiger partial charge in [0.2, 0.25) is 5.91 Å². The average Bonchev–Trinajstić information content (AvgIpc) is 3.54. The summed E-state index contributed by atoms with van der Waals surface area (Å²) in [5.41, 5.74) is 4.31. The van der Waals surface area contributed by atoms with E-state index in [-0.39, 0.29) is 35.9 Å². The van der Waals surface area contributed by atoms with Crippen LogP contribution >= 0.6 is 24.0 Å². The van der Waals surface area contributed by atoms with Gasteiger partial charge in [-0.05, 0) is 57.7 Å². The highest BCUT2D eigenvalue weighted by Gasteiger charge is 2.32. The van der Waals surface area contributed by atoms with Crippen molar-refractivity contribution in [2.24, 2.45) is 10.9 Å². The van der Waals surface area contributed by atoms with Crippen LogP contribution in [-0.4, -0.2) is 52.2 Å². The lowest BCUT2D eigenvalue weighted by molar-refractivity contribution is -0.134. The number of aromatic nitrogens is 2. The fourth-order valence-corrected chi connectivity index (χ4v) is 4.91. The topological polar surface area (TPSA) is 74.6 Å². The van der Waals surface area contributed by atoms with Crippen LogP contribution in [0.5, 0.6) is 0 Å². The highest BCUT2D eigenvalue weighted by molar-refractivity contribution is 14.0. The first-order valence-corrected chi connectivity index (χ1v) is 12.0. The zero-order valence-corrected chi connectivity index (χ0v) is 22.3. The molecule has 2 aliphatic rings. The molecule has 2 heterocycles. The van der Waals surface area contributed by atoms with Gasteiger partial charge in [-0.15, -0.1) is 24.0 Å². The predicted molar refractivity (Wildman–Crippen MR) is 143 cm³/mol.